The molecule has 0 radical (unpaired) electrons. The fourth-order valence-corrected chi connectivity index (χ4v) is 3.47. The number of hydrogen-bond donors (Lipinski definition) is 5. The molecular formula is C21H29N5O5. The quantitative estimate of drug-likeness (QED) is 0.404. The summed E-state index contributed by atoms with van der Waals surface area (Å²) in [7, 11) is 0. The van der Waals surface area contributed by atoms with Gasteiger partial charge in [0.25, 0.3) is 6.47 Å². The van der Waals surface area contributed by atoms with Crippen LogP contribution in [0.1, 0.15) is 42.6 Å². The number of aliphatic hydroxyl groups excluding tert-OH is 1. The van der Waals surface area contributed by atoms with E-state index in [1.807, 2.05) is 31.2 Å². The van der Waals surface area contributed by atoms with Crippen molar-refractivity contribution in [1.82, 2.24) is 25.8 Å². The molecule has 0 unspecified atom stereocenters. The Morgan fingerprint density at radius 3 is 2.61 bits per heavy atom. The molecule has 1 heterocycles. The summed E-state index contributed by atoms with van der Waals surface area (Å²) in [5.74, 6) is 0.147. The average Bonchev–Trinajstić information content (AvgIpc) is 3.27. The van der Waals surface area contributed by atoms with Gasteiger partial charge in [-0.25, -0.2) is 4.98 Å². The molecule has 1 fully saturated rings. The molecule has 3 atom stereocenters. The molecule has 0 saturated heterocycles. The first-order chi connectivity index (χ1) is 14.9. The number of H-pyrrole nitrogens is 1. The summed E-state index contributed by atoms with van der Waals surface area (Å²) in [6, 6.07) is 7.69. The lowest BCUT2D eigenvalue weighted by Gasteiger charge is -2.33. The summed E-state index contributed by atoms with van der Waals surface area (Å²) >= 11 is 0. The molecule has 0 aliphatic heterocycles. The maximum Gasteiger partial charge on any atom is 0.290 e. The third kappa shape index (κ3) is 8.17. The van der Waals surface area contributed by atoms with Crippen molar-refractivity contribution in [1.29, 1.82) is 0 Å². The zero-order valence-electron chi connectivity index (χ0n) is 17.5. The first-order valence-corrected chi connectivity index (χ1v) is 10.2. The van der Waals surface area contributed by atoms with Crippen molar-refractivity contribution in [3.05, 3.63) is 47.5 Å². The normalized spacial score (nSPS) is 20.1. The van der Waals surface area contributed by atoms with E-state index in [4.69, 9.17) is 9.90 Å². The van der Waals surface area contributed by atoms with Gasteiger partial charge in [-0.1, -0.05) is 29.8 Å². The molecule has 1 saturated carbocycles. The van der Waals surface area contributed by atoms with E-state index < -0.39 is 12.1 Å². The van der Waals surface area contributed by atoms with Crippen LogP contribution in [0.5, 0.6) is 0 Å². The van der Waals surface area contributed by atoms with Gasteiger partial charge in [0.15, 0.2) is 0 Å². The molecule has 1 aliphatic rings. The molecule has 0 spiro atoms. The molecule has 3 rings (SSSR count). The van der Waals surface area contributed by atoms with Crippen LogP contribution in [0.2, 0.25) is 0 Å². The van der Waals surface area contributed by atoms with Gasteiger partial charge in [-0.05, 0) is 38.2 Å². The summed E-state index contributed by atoms with van der Waals surface area (Å²) in [5, 5.41) is 29.3. The second-order valence-corrected chi connectivity index (χ2v) is 7.49. The molecule has 168 valence electrons. The highest BCUT2D eigenvalue weighted by Crippen LogP contribution is 2.25. The van der Waals surface area contributed by atoms with Gasteiger partial charge in [-0.15, -0.1) is 0 Å². The van der Waals surface area contributed by atoms with E-state index in [-0.39, 0.29) is 30.7 Å². The third-order valence-electron chi connectivity index (χ3n) is 5.19. The van der Waals surface area contributed by atoms with Crippen molar-refractivity contribution in [3.8, 4) is 0 Å². The summed E-state index contributed by atoms with van der Waals surface area (Å²) in [6.45, 7) is 2.06. The highest BCUT2D eigenvalue weighted by molar-refractivity contribution is 5.79. The number of carbonyl (C=O) groups excluding carboxylic acids is 2. The van der Waals surface area contributed by atoms with Crippen molar-refractivity contribution in [2.45, 2.75) is 57.7 Å². The minimum Gasteiger partial charge on any atom is -0.483 e. The van der Waals surface area contributed by atoms with Gasteiger partial charge in [-0.3, -0.25) is 19.5 Å². The van der Waals surface area contributed by atoms with Crippen molar-refractivity contribution in [2.75, 3.05) is 0 Å². The number of amides is 2. The standard InChI is InChI=1S/C20H27N5O3.CH2O2/c1-13-2-4-14(5-3-13)6-9-19(27)24-16-10-15(7-8-17(16)26)20(28)21-11-18-22-12-23-25-18;2-1-3/h2-5,12,15-17,26H,6-11H2,1H3,(H,21,28)(H,24,27)(H,22,23,25);1H,(H,2,3)/t15-,16+,17+;/m0./s1. The molecule has 0 bridgehead atoms. The topological polar surface area (TPSA) is 157 Å². The first-order valence-electron chi connectivity index (χ1n) is 10.2. The largest absolute Gasteiger partial charge is 0.483 e. The molecule has 2 aromatic rings. The van der Waals surface area contributed by atoms with Gasteiger partial charge in [-0.2, -0.15) is 5.10 Å². The number of carboxylic acid groups (broad SMARTS) is 1. The Morgan fingerprint density at radius 2 is 1.97 bits per heavy atom. The number of aliphatic hydroxyl groups is 1. The Bertz CT molecular complexity index is 825. The molecule has 1 aromatic heterocycles. The maximum atomic E-state index is 12.4. The zero-order valence-corrected chi connectivity index (χ0v) is 17.5. The molecule has 5 N–H and O–H groups in total. The maximum absolute atomic E-state index is 12.4. The van der Waals surface area contributed by atoms with Crippen molar-refractivity contribution in [3.63, 3.8) is 0 Å². The Labute approximate surface area is 180 Å². The van der Waals surface area contributed by atoms with E-state index in [1.165, 1.54) is 11.9 Å². The highest BCUT2D eigenvalue weighted by atomic mass is 16.3. The number of aromatic nitrogens is 3. The van der Waals surface area contributed by atoms with Gasteiger partial charge in [0, 0.05) is 12.3 Å². The Balaban J connectivity index is 0.00000107. The Morgan fingerprint density at radius 1 is 1.26 bits per heavy atom. The zero-order chi connectivity index (χ0) is 22.6. The van der Waals surface area contributed by atoms with Crippen LogP contribution in [-0.2, 0) is 27.3 Å². The summed E-state index contributed by atoms with van der Waals surface area (Å²) in [5.41, 5.74) is 2.29. The van der Waals surface area contributed by atoms with Crippen molar-refractivity contribution in [2.24, 2.45) is 5.92 Å². The first kappa shape index (κ1) is 24.0. The molecule has 1 aromatic carbocycles. The van der Waals surface area contributed by atoms with Crippen LogP contribution in [0.15, 0.2) is 30.6 Å². The number of aryl methyl sites for hydroxylation is 2. The number of aromatic amines is 1. The monoisotopic (exact) mass is 431 g/mol. The lowest BCUT2D eigenvalue weighted by molar-refractivity contribution is -0.129. The smallest absolute Gasteiger partial charge is 0.290 e. The van der Waals surface area contributed by atoms with Gasteiger partial charge in [0.1, 0.15) is 12.2 Å². The minimum absolute atomic E-state index is 0.0952. The van der Waals surface area contributed by atoms with Crippen LogP contribution < -0.4 is 10.6 Å². The van der Waals surface area contributed by atoms with Crippen molar-refractivity contribution < 1.29 is 24.6 Å². The number of benzene rings is 1. The van der Waals surface area contributed by atoms with E-state index in [0.717, 1.165) is 5.56 Å². The van der Waals surface area contributed by atoms with E-state index in [1.54, 1.807) is 0 Å². The van der Waals surface area contributed by atoms with Crippen molar-refractivity contribution >= 4 is 18.3 Å². The summed E-state index contributed by atoms with van der Waals surface area (Å²) in [4.78, 5) is 37.0. The fraction of sp³-hybridized carbons (Fsp3) is 0.476. The predicted molar refractivity (Wildman–Crippen MR) is 112 cm³/mol. The molecular weight excluding hydrogens is 402 g/mol. The third-order valence-corrected chi connectivity index (χ3v) is 5.19. The molecule has 31 heavy (non-hydrogen) atoms. The van der Waals surface area contributed by atoms with Gasteiger partial charge in [0.2, 0.25) is 11.8 Å². The second kappa shape index (κ2) is 12.4. The molecule has 1 aliphatic carbocycles. The highest BCUT2D eigenvalue weighted by Gasteiger charge is 2.33. The van der Waals surface area contributed by atoms with E-state index in [0.29, 0.717) is 37.9 Å². The lowest BCUT2D eigenvalue weighted by atomic mass is 9.83. The van der Waals surface area contributed by atoms with Gasteiger partial charge in [0.05, 0.1) is 18.7 Å². The van der Waals surface area contributed by atoms with Gasteiger partial charge >= 0.3 is 0 Å². The van der Waals surface area contributed by atoms with E-state index >= 15 is 0 Å². The van der Waals surface area contributed by atoms with Crippen LogP contribution >= 0.6 is 0 Å². The van der Waals surface area contributed by atoms with Gasteiger partial charge < -0.3 is 20.8 Å². The summed E-state index contributed by atoms with van der Waals surface area (Å²) < 4.78 is 0. The number of carbonyl (C=O) groups is 3. The molecule has 2 amide bonds. The van der Waals surface area contributed by atoms with Crippen LogP contribution in [-0.4, -0.2) is 55.8 Å². The van der Waals surface area contributed by atoms with E-state index in [9.17, 15) is 14.7 Å². The minimum atomic E-state index is -0.623. The van der Waals surface area contributed by atoms with Crippen LogP contribution in [0.3, 0.4) is 0 Å². The number of rotatable bonds is 7. The molecule has 10 heteroatoms. The number of nitrogens with zero attached hydrogens (tertiary/aromatic N) is 2. The lowest BCUT2D eigenvalue weighted by Crippen LogP contribution is -2.49. The van der Waals surface area contributed by atoms with Crippen LogP contribution in [0, 0.1) is 12.8 Å². The number of hydrogen-bond acceptors (Lipinski definition) is 6. The summed E-state index contributed by atoms with van der Waals surface area (Å²) in [6.07, 6.45) is 3.29. The van der Waals surface area contributed by atoms with E-state index in [2.05, 4.69) is 25.8 Å². The molecule has 10 nitrogen and oxygen atoms in total. The van der Waals surface area contributed by atoms with Crippen LogP contribution in [0.4, 0.5) is 0 Å². The fourth-order valence-electron chi connectivity index (χ4n) is 3.47. The second-order valence-electron chi connectivity index (χ2n) is 7.49. The SMILES string of the molecule is Cc1ccc(CCC(=O)N[C@@H]2C[C@@H](C(=O)NCc3ncn[nH]3)CC[C@H]2O)cc1.O=CO. The Kier molecular flexibility index (Phi) is 9.63. The number of nitrogens with one attached hydrogen (secondary N) is 3. The Hall–Kier alpha value is -3.27. The predicted octanol–water partition coefficient (Wildman–Crippen LogP) is 0.709. The average molecular weight is 431 g/mol. The van der Waals surface area contributed by atoms with Crippen LogP contribution in [0.25, 0.3) is 0 Å².